The average molecular weight is 256 g/mol. The summed E-state index contributed by atoms with van der Waals surface area (Å²) in [5, 5.41) is -1.18. The van der Waals surface area contributed by atoms with E-state index < -0.39 is 21.1 Å². The number of aryl methyl sites for hydroxylation is 1. The first kappa shape index (κ1) is 13.7. The van der Waals surface area contributed by atoms with Crippen LogP contribution in [0.1, 0.15) is 19.4 Å². The average Bonchev–Trinajstić information content (AvgIpc) is 2.29. The molecule has 0 fully saturated rings. The Hall–Kier alpha value is -1.36. The number of sulfone groups is 1. The van der Waals surface area contributed by atoms with Crippen molar-refractivity contribution in [3.63, 3.8) is 0 Å². The summed E-state index contributed by atoms with van der Waals surface area (Å²) in [7, 11) is -3.65. The summed E-state index contributed by atoms with van der Waals surface area (Å²) < 4.78 is 28.8. The maximum atomic E-state index is 12.1. The molecule has 0 saturated heterocycles. The van der Waals surface area contributed by atoms with Crippen molar-refractivity contribution in [2.24, 2.45) is 0 Å². The topological polar surface area (TPSA) is 60.4 Å². The van der Waals surface area contributed by atoms with Crippen molar-refractivity contribution in [3.8, 4) is 0 Å². The standard InChI is InChI=1S/C12H16O4S/c1-4-16-12(13)10(3)17(14,15)11-7-5-9(2)6-8-11/h5-8,10H,4H2,1-3H3. The Labute approximate surface area is 102 Å². The van der Waals surface area contributed by atoms with Gasteiger partial charge in [0.15, 0.2) is 15.1 Å². The predicted octanol–water partition coefficient (Wildman–Crippen LogP) is 1.72. The largest absolute Gasteiger partial charge is 0.465 e. The second kappa shape index (κ2) is 5.31. The molecule has 5 heteroatoms. The van der Waals surface area contributed by atoms with E-state index in [9.17, 15) is 13.2 Å². The zero-order valence-electron chi connectivity index (χ0n) is 10.1. The van der Waals surface area contributed by atoms with E-state index in [0.29, 0.717) is 0 Å². The first-order valence-corrected chi connectivity index (χ1v) is 6.91. The molecule has 1 aromatic carbocycles. The van der Waals surface area contributed by atoms with Crippen LogP contribution in [0.3, 0.4) is 0 Å². The van der Waals surface area contributed by atoms with Gasteiger partial charge in [0.1, 0.15) is 0 Å². The molecule has 0 N–H and O–H groups in total. The number of benzene rings is 1. The zero-order chi connectivity index (χ0) is 13.1. The van der Waals surface area contributed by atoms with Crippen LogP contribution in [-0.4, -0.2) is 26.2 Å². The zero-order valence-corrected chi connectivity index (χ0v) is 11.0. The van der Waals surface area contributed by atoms with Crippen molar-refractivity contribution in [2.45, 2.75) is 30.9 Å². The Morgan fingerprint density at radius 3 is 2.29 bits per heavy atom. The van der Waals surface area contributed by atoms with Gasteiger partial charge in [-0.2, -0.15) is 0 Å². The number of carbonyl (C=O) groups excluding carboxylic acids is 1. The SMILES string of the molecule is CCOC(=O)C(C)S(=O)(=O)c1ccc(C)cc1. The number of carbonyl (C=O) groups is 1. The lowest BCUT2D eigenvalue weighted by molar-refractivity contribution is -0.142. The van der Waals surface area contributed by atoms with Gasteiger partial charge < -0.3 is 4.74 Å². The molecule has 94 valence electrons. The third-order valence-electron chi connectivity index (χ3n) is 2.43. The molecule has 0 aliphatic heterocycles. The van der Waals surface area contributed by atoms with Gasteiger partial charge in [-0.15, -0.1) is 0 Å². The van der Waals surface area contributed by atoms with Gasteiger partial charge in [-0.05, 0) is 32.9 Å². The first-order valence-electron chi connectivity index (χ1n) is 5.36. The Kier molecular flexibility index (Phi) is 4.28. The molecular weight excluding hydrogens is 240 g/mol. The molecule has 1 unspecified atom stereocenters. The van der Waals surface area contributed by atoms with Crippen LogP contribution >= 0.6 is 0 Å². The van der Waals surface area contributed by atoms with Gasteiger partial charge in [0.05, 0.1) is 11.5 Å². The Morgan fingerprint density at radius 2 is 1.82 bits per heavy atom. The highest BCUT2D eigenvalue weighted by atomic mass is 32.2. The smallest absolute Gasteiger partial charge is 0.324 e. The normalized spacial score (nSPS) is 13.1. The predicted molar refractivity (Wildman–Crippen MR) is 64.5 cm³/mol. The van der Waals surface area contributed by atoms with Crippen LogP contribution < -0.4 is 0 Å². The summed E-state index contributed by atoms with van der Waals surface area (Å²) in [5.74, 6) is -0.715. The number of hydrogen-bond donors (Lipinski definition) is 0. The summed E-state index contributed by atoms with van der Waals surface area (Å²) in [4.78, 5) is 11.6. The lowest BCUT2D eigenvalue weighted by Gasteiger charge is -2.11. The van der Waals surface area contributed by atoms with E-state index in [1.54, 1.807) is 19.1 Å². The Balaban J connectivity index is 3.03. The van der Waals surface area contributed by atoms with Crippen molar-refractivity contribution in [2.75, 3.05) is 6.61 Å². The lowest BCUT2D eigenvalue weighted by Crippen LogP contribution is -2.29. The molecule has 0 aliphatic rings. The van der Waals surface area contributed by atoms with Crippen LogP contribution in [0.2, 0.25) is 0 Å². The minimum atomic E-state index is -3.65. The second-order valence-corrected chi connectivity index (χ2v) is 6.02. The monoisotopic (exact) mass is 256 g/mol. The van der Waals surface area contributed by atoms with E-state index in [0.717, 1.165) is 5.56 Å². The molecule has 4 nitrogen and oxygen atoms in total. The molecule has 0 saturated carbocycles. The molecule has 1 atom stereocenters. The van der Waals surface area contributed by atoms with Crippen LogP contribution in [0.15, 0.2) is 29.2 Å². The van der Waals surface area contributed by atoms with Crippen LogP contribution in [0, 0.1) is 6.92 Å². The number of hydrogen-bond acceptors (Lipinski definition) is 4. The molecule has 0 radical (unpaired) electrons. The number of rotatable bonds is 4. The van der Waals surface area contributed by atoms with Gasteiger partial charge in [0.2, 0.25) is 0 Å². The molecule has 0 aliphatic carbocycles. The molecule has 1 rings (SSSR count). The lowest BCUT2D eigenvalue weighted by atomic mass is 10.2. The van der Waals surface area contributed by atoms with Gasteiger partial charge in [0.25, 0.3) is 0 Å². The van der Waals surface area contributed by atoms with Crippen molar-refractivity contribution < 1.29 is 17.9 Å². The summed E-state index contributed by atoms with van der Waals surface area (Å²) in [6, 6.07) is 6.40. The molecular formula is C12H16O4S. The number of ether oxygens (including phenoxy) is 1. The van der Waals surface area contributed by atoms with E-state index in [4.69, 9.17) is 4.74 Å². The van der Waals surface area contributed by atoms with E-state index in [2.05, 4.69) is 0 Å². The third kappa shape index (κ3) is 3.06. The highest BCUT2D eigenvalue weighted by molar-refractivity contribution is 7.92. The van der Waals surface area contributed by atoms with Gasteiger partial charge >= 0.3 is 5.97 Å². The summed E-state index contributed by atoms with van der Waals surface area (Å²) in [6.45, 7) is 5.02. The minimum Gasteiger partial charge on any atom is -0.465 e. The van der Waals surface area contributed by atoms with Crippen molar-refractivity contribution >= 4 is 15.8 Å². The van der Waals surface area contributed by atoms with E-state index in [1.165, 1.54) is 19.1 Å². The Bertz CT molecular complexity index is 488. The fourth-order valence-corrected chi connectivity index (χ4v) is 2.56. The third-order valence-corrected chi connectivity index (χ3v) is 4.49. The minimum absolute atomic E-state index is 0.142. The Morgan fingerprint density at radius 1 is 1.29 bits per heavy atom. The van der Waals surface area contributed by atoms with Crippen molar-refractivity contribution in [3.05, 3.63) is 29.8 Å². The molecule has 1 aromatic rings. The maximum Gasteiger partial charge on any atom is 0.324 e. The fourth-order valence-electron chi connectivity index (χ4n) is 1.32. The van der Waals surface area contributed by atoms with Gasteiger partial charge in [0, 0.05) is 0 Å². The molecule has 17 heavy (non-hydrogen) atoms. The summed E-state index contributed by atoms with van der Waals surface area (Å²) in [5.41, 5.74) is 0.965. The van der Waals surface area contributed by atoms with E-state index in [-0.39, 0.29) is 11.5 Å². The fraction of sp³-hybridized carbons (Fsp3) is 0.417. The highest BCUT2D eigenvalue weighted by Gasteiger charge is 2.30. The van der Waals surface area contributed by atoms with Gasteiger partial charge in [-0.25, -0.2) is 8.42 Å². The number of esters is 1. The van der Waals surface area contributed by atoms with Crippen LogP contribution in [-0.2, 0) is 19.4 Å². The van der Waals surface area contributed by atoms with Crippen molar-refractivity contribution in [1.82, 2.24) is 0 Å². The molecule has 0 spiro atoms. The molecule has 0 heterocycles. The molecule has 0 bridgehead atoms. The maximum absolute atomic E-state index is 12.1. The molecule has 0 amide bonds. The highest BCUT2D eigenvalue weighted by Crippen LogP contribution is 2.17. The second-order valence-electron chi connectivity index (χ2n) is 3.75. The summed E-state index contributed by atoms with van der Waals surface area (Å²) in [6.07, 6.45) is 0. The summed E-state index contributed by atoms with van der Waals surface area (Å²) >= 11 is 0. The van der Waals surface area contributed by atoms with E-state index >= 15 is 0 Å². The van der Waals surface area contributed by atoms with Crippen LogP contribution in [0.4, 0.5) is 0 Å². The first-order chi connectivity index (χ1) is 7.89. The van der Waals surface area contributed by atoms with Crippen LogP contribution in [0.5, 0.6) is 0 Å². The quantitative estimate of drug-likeness (QED) is 0.770. The van der Waals surface area contributed by atoms with E-state index in [1.807, 2.05) is 6.92 Å². The van der Waals surface area contributed by atoms with Gasteiger partial charge in [-0.3, -0.25) is 4.79 Å². The van der Waals surface area contributed by atoms with Gasteiger partial charge in [-0.1, -0.05) is 17.7 Å². The molecule has 0 aromatic heterocycles. The van der Waals surface area contributed by atoms with Crippen molar-refractivity contribution in [1.29, 1.82) is 0 Å². The van der Waals surface area contributed by atoms with Crippen LogP contribution in [0.25, 0.3) is 0 Å².